The van der Waals surface area contributed by atoms with Crippen LogP contribution in [-0.2, 0) is 4.79 Å². The van der Waals surface area contributed by atoms with Crippen LogP contribution < -0.4 is 5.32 Å². The average Bonchev–Trinajstić information content (AvgIpc) is 2.91. The number of nitrogens with one attached hydrogen (secondary N) is 1. The van der Waals surface area contributed by atoms with E-state index in [1.165, 1.54) is 0 Å². The number of amides is 1. The highest BCUT2D eigenvalue weighted by Crippen LogP contribution is 2.29. The van der Waals surface area contributed by atoms with E-state index in [0.717, 1.165) is 38.5 Å². The molecule has 2 N–H and O–H groups in total. The van der Waals surface area contributed by atoms with Gasteiger partial charge in [-0.2, -0.15) is 0 Å². The van der Waals surface area contributed by atoms with Gasteiger partial charge in [0.1, 0.15) is 0 Å². The molecule has 13 heavy (non-hydrogen) atoms. The molecule has 2 atom stereocenters. The van der Waals surface area contributed by atoms with Crippen molar-refractivity contribution in [3.8, 4) is 0 Å². The number of carbonyl (C=O) groups is 1. The molecule has 2 aliphatic carbocycles. The number of aliphatic hydroxyl groups is 1. The van der Waals surface area contributed by atoms with E-state index in [1.54, 1.807) is 0 Å². The summed E-state index contributed by atoms with van der Waals surface area (Å²) >= 11 is 0. The van der Waals surface area contributed by atoms with Crippen LogP contribution in [0.3, 0.4) is 0 Å². The summed E-state index contributed by atoms with van der Waals surface area (Å²) in [5.74, 6) is 0.417. The van der Waals surface area contributed by atoms with Crippen LogP contribution in [0, 0.1) is 5.92 Å². The normalized spacial score (nSPS) is 34.2. The zero-order valence-corrected chi connectivity index (χ0v) is 7.83. The summed E-state index contributed by atoms with van der Waals surface area (Å²) in [6.45, 7) is 0. The van der Waals surface area contributed by atoms with Gasteiger partial charge in [-0.15, -0.1) is 0 Å². The van der Waals surface area contributed by atoms with E-state index in [0.29, 0.717) is 0 Å². The van der Waals surface area contributed by atoms with Gasteiger partial charge in [0.05, 0.1) is 12.1 Å². The fourth-order valence-electron chi connectivity index (χ4n) is 1.93. The molecule has 0 aromatic carbocycles. The van der Waals surface area contributed by atoms with Crippen molar-refractivity contribution in [3.63, 3.8) is 0 Å². The second-order valence-corrected chi connectivity index (χ2v) is 4.24. The second-order valence-electron chi connectivity index (χ2n) is 4.24. The molecular weight excluding hydrogens is 166 g/mol. The van der Waals surface area contributed by atoms with Gasteiger partial charge in [0, 0.05) is 5.92 Å². The molecule has 3 heteroatoms. The third-order valence-corrected chi connectivity index (χ3v) is 3.01. The van der Waals surface area contributed by atoms with Gasteiger partial charge in [0.25, 0.3) is 0 Å². The Hall–Kier alpha value is -0.570. The van der Waals surface area contributed by atoms with Gasteiger partial charge >= 0.3 is 0 Å². The monoisotopic (exact) mass is 183 g/mol. The molecule has 0 aromatic heterocycles. The van der Waals surface area contributed by atoms with Crippen LogP contribution in [0.2, 0.25) is 0 Å². The first kappa shape index (κ1) is 9.00. The predicted octanol–water partition coefficient (Wildman–Crippen LogP) is 0.816. The van der Waals surface area contributed by atoms with Gasteiger partial charge in [-0.05, 0) is 25.7 Å². The van der Waals surface area contributed by atoms with Crippen LogP contribution in [0.4, 0.5) is 0 Å². The molecule has 3 nitrogen and oxygen atoms in total. The quantitative estimate of drug-likeness (QED) is 0.665. The summed E-state index contributed by atoms with van der Waals surface area (Å²) in [7, 11) is 0. The van der Waals surface area contributed by atoms with Crippen molar-refractivity contribution in [1.82, 2.24) is 5.32 Å². The smallest absolute Gasteiger partial charge is 0.223 e. The van der Waals surface area contributed by atoms with Crippen LogP contribution in [0.1, 0.15) is 38.5 Å². The van der Waals surface area contributed by atoms with Crippen molar-refractivity contribution in [1.29, 1.82) is 0 Å². The molecule has 2 fully saturated rings. The number of carbonyl (C=O) groups excluding carboxylic acids is 1. The zero-order valence-electron chi connectivity index (χ0n) is 7.83. The zero-order chi connectivity index (χ0) is 9.26. The first-order valence-corrected chi connectivity index (χ1v) is 5.26. The van der Waals surface area contributed by atoms with Crippen LogP contribution in [0.15, 0.2) is 0 Å². The standard InChI is InChI=1S/C10H17NO2/c12-9-4-2-1-3-8(9)11-10(13)7-5-6-7/h7-9,12H,1-6H2,(H,11,13). The van der Waals surface area contributed by atoms with E-state index in [4.69, 9.17) is 0 Å². The lowest BCUT2D eigenvalue weighted by Crippen LogP contribution is -2.45. The third kappa shape index (κ3) is 2.21. The van der Waals surface area contributed by atoms with Gasteiger partial charge in [-0.25, -0.2) is 0 Å². The predicted molar refractivity (Wildman–Crippen MR) is 49.1 cm³/mol. The fraction of sp³-hybridized carbons (Fsp3) is 0.900. The van der Waals surface area contributed by atoms with Crippen LogP contribution in [-0.4, -0.2) is 23.2 Å². The Morgan fingerprint density at radius 2 is 1.85 bits per heavy atom. The maximum Gasteiger partial charge on any atom is 0.223 e. The van der Waals surface area contributed by atoms with Gasteiger partial charge in [-0.1, -0.05) is 12.8 Å². The molecule has 2 rings (SSSR count). The maximum absolute atomic E-state index is 11.4. The Morgan fingerprint density at radius 1 is 1.15 bits per heavy atom. The molecule has 0 spiro atoms. The molecule has 2 unspecified atom stereocenters. The SMILES string of the molecule is O=C(NC1CCCCC1O)C1CC1. The largest absolute Gasteiger partial charge is 0.391 e. The molecule has 0 bridgehead atoms. The third-order valence-electron chi connectivity index (χ3n) is 3.01. The number of rotatable bonds is 2. The first-order valence-electron chi connectivity index (χ1n) is 5.26. The van der Waals surface area contributed by atoms with Crippen molar-refractivity contribution in [3.05, 3.63) is 0 Å². The molecule has 0 heterocycles. The number of aliphatic hydroxyl groups excluding tert-OH is 1. The van der Waals surface area contributed by atoms with Crippen molar-refractivity contribution >= 4 is 5.91 Å². The molecule has 74 valence electrons. The van der Waals surface area contributed by atoms with E-state index in [1.807, 2.05) is 0 Å². The molecule has 0 radical (unpaired) electrons. The number of hydrogen-bond acceptors (Lipinski definition) is 2. The van der Waals surface area contributed by atoms with E-state index in [-0.39, 0.29) is 24.0 Å². The van der Waals surface area contributed by atoms with Crippen molar-refractivity contribution in [2.24, 2.45) is 5.92 Å². The van der Waals surface area contributed by atoms with Crippen molar-refractivity contribution in [2.45, 2.75) is 50.7 Å². The Balaban J connectivity index is 1.81. The lowest BCUT2D eigenvalue weighted by Gasteiger charge is -2.28. The fourth-order valence-corrected chi connectivity index (χ4v) is 1.93. The minimum Gasteiger partial charge on any atom is -0.391 e. The Morgan fingerprint density at radius 3 is 2.46 bits per heavy atom. The highest BCUT2D eigenvalue weighted by Gasteiger charge is 2.33. The molecule has 2 aliphatic rings. The molecule has 0 saturated heterocycles. The summed E-state index contributed by atoms with van der Waals surface area (Å²) < 4.78 is 0. The summed E-state index contributed by atoms with van der Waals surface area (Å²) in [6, 6.07) is 0.0295. The minimum absolute atomic E-state index is 0.0295. The lowest BCUT2D eigenvalue weighted by molar-refractivity contribution is -0.124. The van der Waals surface area contributed by atoms with Gasteiger partial charge in [-0.3, -0.25) is 4.79 Å². The van der Waals surface area contributed by atoms with E-state index in [9.17, 15) is 9.90 Å². The van der Waals surface area contributed by atoms with Crippen molar-refractivity contribution in [2.75, 3.05) is 0 Å². The van der Waals surface area contributed by atoms with Crippen molar-refractivity contribution < 1.29 is 9.90 Å². The average molecular weight is 183 g/mol. The van der Waals surface area contributed by atoms with Gasteiger partial charge < -0.3 is 10.4 Å². The van der Waals surface area contributed by atoms with Gasteiger partial charge in [0.2, 0.25) is 5.91 Å². The van der Waals surface area contributed by atoms with Crippen LogP contribution in [0.5, 0.6) is 0 Å². The molecule has 0 aromatic rings. The second kappa shape index (κ2) is 3.66. The summed E-state index contributed by atoms with van der Waals surface area (Å²) in [5, 5.41) is 12.5. The number of hydrogen-bond donors (Lipinski definition) is 2. The highest BCUT2D eigenvalue weighted by atomic mass is 16.3. The Bertz CT molecular complexity index is 201. The summed E-state index contributed by atoms with van der Waals surface area (Å²) in [4.78, 5) is 11.4. The Labute approximate surface area is 78.5 Å². The summed E-state index contributed by atoms with van der Waals surface area (Å²) in [5.41, 5.74) is 0. The van der Waals surface area contributed by atoms with Crippen LogP contribution in [0.25, 0.3) is 0 Å². The summed E-state index contributed by atoms with van der Waals surface area (Å²) in [6.07, 6.45) is 5.78. The lowest BCUT2D eigenvalue weighted by atomic mass is 9.92. The maximum atomic E-state index is 11.4. The van der Waals surface area contributed by atoms with E-state index in [2.05, 4.69) is 5.32 Å². The molecule has 2 saturated carbocycles. The topological polar surface area (TPSA) is 49.3 Å². The van der Waals surface area contributed by atoms with E-state index >= 15 is 0 Å². The minimum atomic E-state index is -0.309. The molecular formula is C10H17NO2. The Kier molecular flexibility index (Phi) is 2.54. The van der Waals surface area contributed by atoms with E-state index < -0.39 is 0 Å². The molecule has 1 amide bonds. The van der Waals surface area contributed by atoms with Crippen LogP contribution >= 0.6 is 0 Å². The first-order chi connectivity index (χ1) is 6.27. The van der Waals surface area contributed by atoms with Gasteiger partial charge in [0.15, 0.2) is 0 Å². The molecule has 0 aliphatic heterocycles. The highest BCUT2D eigenvalue weighted by molar-refractivity contribution is 5.81.